The minimum absolute atomic E-state index is 0.235. The molecule has 0 saturated heterocycles. The molecule has 0 aromatic carbocycles. The van der Waals surface area contributed by atoms with Gasteiger partial charge in [0.25, 0.3) is 5.56 Å². The summed E-state index contributed by atoms with van der Waals surface area (Å²) in [6.45, 7) is 1.68. The normalized spacial score (nSPS) is 12.2. The summed E-state index contributed by atoms with van der Waals surface area (Å²) < 4.78 is 5.41. The maximum atomic E-state index is 12.6. The fraction of sp³-hybridized carbons (Fsp3) is 0.111. The molecule has 8 heteroatoms. The average Bonchev–Trinajstić information content (AvgIpc) is 3.31. The van der Waals surface area contributed by atoms with Crippen LogP contribution in [0.4, 0.5) is 0 Å². The van der Waals surface area contributed by atoms with Crippen molar-refractivity contribution in [3.05, 3.63) is 69.2 Å². The lowest BCUT2D eigenvalue weighted by Crippen LogP contribution is -2.17. The monoisotopic (exact) mass is 383 g/mol. The Morgan fingerprint density at radius 3 is 2.77 bits per heavy atom. The van der Waals surface area contributed by atoms with E-state index in [1.807, 2.05) is 22.9 Å². The molecule has 0 aliphatic carbocycles. The molecule has 4 rings (SSSR count). The highest BCUT2D eigenvalue weighted by atomic mass is 32.1. The number of H-pyrrole nitrogens is 1. The number of thiophene rings is 2. The van der Waals surface area contributed by atoms with Crippen molar-refractivity contribution in [2.24, 2.45) is 0 Å². The number of aromatic amines is 1. The Bertz CT molecular complexity index is 1120. The molecule has 0 amide bonds. The van der Waals surface area contributed by atoms with Crippen molar-refractivity contribution in [2.45, 2.75) is 13.0 Å². The minimum Gasteiger partial charge on any atom is -0.451 e. The van der Waals surface area contributed by atoms with Gasteiger partial charge in [0.2, 0.25) is 0 Å². The molecule has 0 unspecified atom stereocenters. The first kappa shape index (κ1) is 16.6. The average molecular weight is 383 g/mol. The van der Waals surface area contributed by atoms with Crippen molar-refractivity contribution < 1.29 is 9.53 Å². The second-order valence-electron chi connectivity index (χ2n) is 5.54. The molecule has 6 nitrogen and oxygen atoms in total. The summed E-state index contributed by atoms with van der Waals surface area (Å²) in [4.78, 5) is 37.5. The molecular weight excluding hydrogens is 370 g/mol. The summed E-state index contributed by atoms with van der Waals surface area (Å²) >= 11 is 2.97. The zero-order chi connectivity index (χ0) is 18.1. The van der Waals surface area contributed by atoms with Crippen LogP contribution in [0.2, 0.25) is 0 Å². The van der Waals surface area contributed by atoms with E-state index in [0.717, 1.165) is 10.4 Å². The minimum atomic E-state index is -0.681. The summed E-state index contributed by atoms with van der Waals surface area (Å²) in [5.41, 5.74) is 1.04. The molecule has 0 fully saturated rings. The lowest BCUT2D eigenvalue weighted by molar-refractivity contribution is 0.0320. The highest BCUT2D eigenvalue weighted by molar-refractivity contribution is 7.18. The molecule has 4 heterocycles. The summed E-state index contributed by atoms with van der Waals surface area (Å²) in [6.07, 6.45) is 2.36. The maximum absolute atomic E-state index is 12.6. The van der Waals surface area contributed by atoms with Crippen LogP contribution in [-0.4, -0.2) is 20.9 Å². The van der Waals surface area contributed by atoms with E-state index in [1.165, 1.54) is 23.7 Å². The number of pyridine rings is 1. The number of rotatable bonds is 4. The van der Waals surface area contributed by atoms with Gasteiger partial charge in [0.15, 0.2) is 11.9 Å². The van der Waals surface area contributed by atoms with E-state index in [2.05, 4.69) is 15.0 Å². The number of hydrogen-bond donors (Lipinski definition) is 1. The van der Waals surface area contributed by atoms with Crippen LogP contribution in [0.25, 0.3) is 20.7 Å². The lowest BCUT2D eigenvalue weighted by atomic mass is 10.2. The second kappa shape index (κ2) is 6.81. The van der Waals surface area contributed by atoms with Gasteiger partial charge >= 0.3 is 5.97 Å². The summed E-state index contributed by atoms with van der Waals surface area (Å²) in [5.74, 6) is -0.169. The zero-order valence-corrected chi connectivity index (χ0v) is 15.3. The third-order valence-electron chi connectivity index (χ3n) is 3.83. The molecular formula is C18H13N3O3S2. The van der Waals surface area contributed by atoms with Crippen molar-refractivity contribution >= 4 is 38.9 Å². The molecule has 130 valence electrons. The topological polar surface area (TPSA) is 84.9 Å². The van der Waals surface area contributed by atoms with Crippen molar-refractivity contribution in [3.8, 4) is 10.4 Å². The van der Waals surface area contributed by atoms with Gasteiger partial charge in [-0.25, -0.2) is 9.78 Å². The Hall–Kier alpha value is -2.84. The Morgan fingerprint density at radius 1 is 1.23 bits per heavy atom. The van der Waals surface area contributed by atoms with E-state index in [-0.39, 0.29) is 5.56 Å². The summed E-state index contributed by atoms with van der Waals surface area (Å²) in [5, 5.41) is 4.46. The summed E-state index contributed by atoms with van der Waals surface area (Å²) in [6, 6.07) is 7.06. The van der Waals surface area contributed by atoms with Crippen molar-refractivity contribution in [3.63, 3.8) is 0 Å². The molecule has 4 aromatic heterocycles. The maximum Gasteiger partial charge on any atom is 0.338 e. The van der Waals surface area contributed by atoms with Gasteiger partial charge in [-0.05, 0) is 30.5 Å². The number of ether oxygens (including phenoxy) is 1. The van der Waals surface area contributed by atoms with E-state index < -0.39 is 12.1 Å². The van der Waals surface area contributed by atoms with Crippen molar-refractivity contribution in [2.75, 3.05) is 0 Å². The van der Waals surface area contributed by atoms with Gasteiger partial charge in [-0.2, -0.15) is 0 Å². The van der Waals surface area contributed by atoms with E-state index in [0.29, 0.717) is 21.6 Å². The zero-order valence-electron chi connectivity index (χ0n) is 13.6. The van der Waals surface area contributed by atoms with Crippen LogP contribution in [-0.2, 0) is 4.74 Å². The van der Waals surface area contributed by atoms with Gasteiger partial charge in [0.05, 0.1) is 10.9 Å². The molecule has 1 atom stereocenters. The van der Waals surface area contributed by atoms with Crippen LogP contribution in [0.1, 0.15) is 29.2 Å². The second-order valence-corrected chi connectivity index (χ2v) is 7.35. The first-order valence-electron chi connectivity index (χ1n) is 7.80. The molecule has 0 spiro atoms. The predicted molar refractivity (Wildman–Crippen MR) is 102 cm³/mol. The van der Waals surface area contributed by atoms with Crippen LogP contribution in [0, 0.1) is 0 Å². The quantitative estimate of drug-likeness (QED) is 0.538. The predicted octanol–water partition coefficient (Wildman–Crippen LogP) is 4.03. The van der Waals surface area contributed by atoms with Gasteiger partial charge in [-0.3, -0.25) is 9.78 Å². The van der Waals surface area contributed by atoms with Crippen LogP contribution in [0.15, 0.2) is 52.2 Å². The summed E-state index contributed by atoms with van der Waals surface area (Å²) in [7, 11) is 0. The number of hydrogen-bond acceptors (Lipinski definition) is 7. The largest absolute Gasteiger partial charge is 0.451 e. The van der Waals surface area contributed by atoms with Crippen LogP contribution in [0.3, 0.4) is 0 Å². The lowest BCUT2D eigenvalue weighted by Gasteiger charge is -2.12. The van der Waals surface area contributed by atoms with Crippen LogP contribution in [0.5, 0.6) is 0 Å². The van der Waals surface area contributed by atoms with Gasteiger partial charge < -0.3 is 9.72 Å². The van der Waals surface area contributed by atoms with E-state index in [9.17, 15) is 9.59 Å². The number of carbonyl (C=O) groups excluding carboxylic acids is 1. The van der Waals surface area contributed by atoms with E-state index in [1.54, 1.807) is 30.4 Å². The Balaban J connectivity index is 1.65. The first-order valence-corrected chi connectivity index (χ1v) is 9.55. The number of nitrogens with zero attached hydrogens (tertiary/aromatic N) is 2. The molecule has 1 N–H and O–H groups in total. The number of fused-ring (bicyclic) bond motifs is 1. The molecule has 0 saturated carbocycles. The highest BCUT2D eigenvalue weighted by Gasteiger charge is 2.19. The molecule has 26 heavy (non-hydrogen) atoms. The number of aromatic nitrogens is 3. The van der Waals surface area contributed by atoms with Gasteiger partial charge in [-0.1, -0.05) is 6.07 Å². The standard InChI is InChI=1S/C18H13N3O3S2/c1-10(24-18(23)11-4-6-19-7-5-11)15-20-16(22)14-12(9-26-17(14)21-15)13-3-2-8-25-13/h2-10H,1H3,(H,20,21,22)/t10-/m1/s1. The highest BCUT2D eigenvalue weighted by Crippen LogP contribution is 2.33. The number of nitrogens with one attached hydrogen (secondary N) is 1. The van der Waals surface area contributed by atoms with Crippen molar-refractivity contribution in [1.29, 1.82) is 0 Å². The van der Waals surface area contributed by atoms with Gasteiger partial charge in [-0.15, -0.1) is 22.7 Å². The molecule has 0 radical (unpaired) electrons. The number of carbonyl (C=O) groups is 1. The van der Waals surface area contributed by atoms with Crippen LogP contribution < -0.4 is 5.56 Å². The van der Waals surface area contributed by atoms with Crippen molar-refractivity contribution in [1.82, 2.24) is 15.0 Å². The SMILES string of the molecule is C[C@@H](OC(=O)c1ccncc1)c1nc2scc(-c3cccs3)c2c(=O)[nH]1. The molecule has 4 aromatic rings. The Kier molecular flexibility index (Phi) is 4.36. The molecule has 0 aliphatic rings. The smallest absolute Gasteiger partial charge is 0.338 e. The third-order valence-corrected chi connectivity index (χ3v) is 5.61. The first-order chi connectivity index (χ1) is 12.6. The third kappa shape index (κ3) is 3.04. The van der Waals surface area contributed by atoms with Gasteiger partial charge in [0, 0.05) is 28.2 Å². The molecule has 0 aliphatic heterocycles. The Morgan fingerprint density at radius 2 is 2.04 bits per heavy atom. The Labute approximate surface area is 156 Å². The number of esters is 1. The fourth-order valence-corrected chi connectivity index (χ4v) is 4.31. The van der Waals surface area contributed by atoms with Crippen LogP contribution >= 0.6 is 22.7 Å². The molecule has 0 bridgehead atoms. The van der Waals surface area contributed by atoms with Gasteiger partial charge in [0.1, 0.15) is 4.83 Å². The van der Waals surface area contributed by atoms with E-state index >= 15 is 0 Å². The fourth-order valence-electron chi connectivity index (χ4n) is 2.54. The van der Waals surface area contributed by atoms with E-state index in [4.69, 9.17) is 4.74 Å².